The van der Waals surface area contributed by atoms with Crippen molar-refractivity contribution in [3.63, 3.8) is 0 Å². The Morgan fingerprint density at radius 3 is 2.72 bits per heavy atom. The Bertz CT molecular complexity index is 635. The van der Waals surface area contributed by atoms with E-state index in [0.29, 0.717) is 22.0 Å². The lowest BCUT2D eigenvalue weighted by atomic mass is 10.1. The first-order valence-electron chi connectivity index (χ1n) is 5.12. The van der Waals surface area contributed by atoms with Crippen LogP contribution in [0.2, 0.25) is 5.02 Å². The van der Waals surface area contributed by atoms with Gasteiger partial charge < -0.3 is 11.1 Å². The minimum atomic E-state index is -0.513. The second kappa shape index (κ2) is 4.94. The van der Waals surface area contributed by atoms with Gasteiger partial charge in [0.05, 0.1) is 22.6 Å². The summed E-state index contributed by atoms with van der Waals surface area (Å²) in [6, 6.07) is 11.2. The molecule has 0 radical (unpaired) electrons. The van der Waals surface area contributed by atoms with Gasteiger partial charge in [0.25, 0.3) is 0 Å². The van der Waals surface area contributed by atoms with E-state index in [1.807, 2.05) is 6.07 Å². The second-order valence-corrected chi connectivity index (χ2v) is 4.06. The Morgan fingerprint density at radius 1 is 1.22 bits per heavy atom. The van der Waals surface area contributed by atoms with E-state index in [-0.39, 0.29) is 5.69 Å². The molecule has 5 heteroatoms. The van der Waals surface area contributed by atoms with Crippen molar-refractivity contribution in [1.82, 2.24) is 0 Å². The number of hydrogen-bond donors (Lipinski definition) is 2. The number of nitrogens with one attached hydrogen (secondary N) is 1. The zero-order valence-electron chi connectivity index (χ0n) is 9.24. The molecule has 0 saturated heterocycles. The van der Waals surface area contributed by atoms with Gasteiger partial charge in [0.2, 0.25) is 0 Å². The fourth-order valence-corrected chi connectivity index (χ4v) is 1.68. The number of nitrogen functional groups attached to an aromatic ring is 1. The van der Waals surface area contributed by atoms with E-state index in [1.165, 1.54) is 12.1 Å². The van der Waals surface area contributed by atoms with E-state index in [9.17, 15) is 4.39 Å². The van der Waals surface area contributed by atoms with Gasteiger partial charge in [-0.1, -0.05) is 17.7 Å². The monoisotopic (exact) mass is 261 g/mol. The first-order valence-corrected chi connectivity index (χ1v) is 5.50. The van der Waals surface area contributed by atoms with E-state index < -0.39 is 5.82 Å². The van der Waals surface area contributed by atoms with Crippen LogP contribution >= 0.6 is 11.6 Å². The summed E-state index contributed by atoms with van der Waals surface area (Å²) in [5.74, 6) is -0.513. The SMILES string of the molecule is N#Cc1ccc(Cl)cc1Nc1cccc(F)c1N. The quantitative estimate of drug-likeness (QED) is 0.811. The molecule has 0 bridgehead atoms. The highest BCUT2D eigenvalue weighted by atomic mass is 35.5. The van der Waals surface area contributed by atoms with E-state index in [1.54, 1.807) is 24.3 Å². The first kappa shape index (κ1) is 12.2. The highest BCUT2D eigenvalue weighted by molar-refractivity contribution is 6.30. The minimum Gasteiger partial charge on any atom is -0.395 e. The predicted octanol–water partition coefficient (Wildman–Crippen LogP) is 3.68. The van der Waals surface area contributed by atoms with Crippen LogP contribution in [0.15, 0.2) is 36.4 Å². The third-order valence-corrected chi connectivity index (χ3v) is 2.66. The number of rotatable bonds is 2. The van der Waals surface area contributed by atoms with Crippen molar-refractivity contribution in [2.75, 3.05) is 11.1 Å². The number of nitriles is 1. The van der Waals surface area contributed by atoms with E-state index in [4.69, 9.17) is 22.6 Å². The molecule has 3 N–H and O–H groups in total. The molecule has 0 atom stereocenters. The number of nitrogens with two attached hydrogens (primary N) is 1. The molecule has 2 rings (SSSR count). The molecule has 0 heterocycles. The summed E-state index contributed by atoms with van der Waals surface area (Å²) < 4.78 is 13.3. The largest absolute Gasteiger partial charge is 0.395 e. The fraction of sp³-hybridized carbons (Fsp3) is 0. The standard InChI is InChI=1S/C13H9ClFN3/c14-9-5-4-8(7-16)12(6-9)18-11-3-1-2-10(15)13(11)17/h1-6,18H,17H2. The van der Waals surface area contributed by atoms with Gasteiger partial charge in [-0.15, -0.1) is 0 Å². The molecule has 0 aliphatic heterocycles. The third-order valence-electron chi connectivity index (χ3n) is 2.42. The third kappa shape index (κ3) is 2.36. The zero-order valence-corrected chi connectivity index (χ0v) is 10.0. The van der Waals surface area contributed by atoms with E-state index >= 15 is 0 Å². The van der Waals surface area contributed by atoms with Gasteiger partial charge in [0.1, 0.15) is 11.9 Å². The molecule has 90 valence electrons. The van der Waals surface area contributed by atoms with Crippen LogP contribution in [0.4, 0.5) is 21.5 Å². The molecular weight excluding hydrogens is 253 g/mol. The molecule has 0 amide bonds. The maximum absolute atomic E-state index is 13.3. The average molecular weight is 262 g/mol. The maximum atomic E-state index is 13.3. The maximum Gasteiger partial charge on any atom is 0.148 e. The number of benzene rings is 2. The topological polar surface area (TPSA) is 61.8 Å². The molecule has 0 unspecified atom stereocenters. The molecule has 0 aliphatic rings. The molecule has 2 aromatic rings. The van der Waals surface area contributed by atoms with Crippen molar-refractivity contribution in [3.8, 4) is 6.07 Å². The van der Waals surface area contributed by atoms with Crippen LogP contribution in [0.1, 0.15) is 5.56 Å². The van der Waals surface area contributed by atoms with Crippen molar-refractivity contribution in [1.29, 1.82) is 5.26 Å². The van der Waals surface area contributed by atoms with Crippen LogP contribution in [0, 0.1) is 17.1 Å². The van der Waals surface area contributed by atoms with Crippen LogP contribution in [0.25, 0.3) is 0 Å². The average Bonchev–Trinajstić information content (AvgIpc) is 2.35. The first-order chi connectivity index (χ1) is 8.61. The summed E-state index contributed by atoms with van der Waals surface area (Å²) >= 11 is 5.86. The van der Waals surface area contributed by atoms with Gasteiger partial charge in [0.15, 0.2) is 0 Å². The molecule has 2 aromatic carbocycles. The lowest BCUT2D eigenvalue weighted by molar-refractivity contribution is 0.633. The molecule has 0 fully saturated rings. The van der Waals surface area contributed by atoms with Gasteiger partial charge in [-0.25, -0.2) is 4.39 Å². The predicted molar refractivity (Wildman–Crippen MR) is 70.3 cm³/mol. The fourth-order valence-electron chi connectivity index (χ4n) is 1.51. The van der Waals surface area contributed by atoms with Gasteiger partial charge >= 0.3 is 0 Å². The van der Waals surface area contributed by atoms with Gasteiger partial charge in [0, 0.05) is 5.02 Å². The van der Waals surface area contributed by atoms with E-state index in [2.05, 4.69) is 5.32 Å². The van der Waals surface area contributed by atoms with Gasteiger partial charge in [-0.3, -0.25) is 0 Å². The van der Waals surface area contributed by atoms with Crippen LogP contribution < -0.4 is 11.1 Å². The summed E-state index contributed by atoms with van der Waals surface area (Å²) in [5, 5.41) is 12.4. The molecule has 0 saturated carbocycles. The van der Waals surface area contributed by atoms with Crippen LogP contribution in [-0.2, 0) is 0 Å². The summed E-state index contributed by atoms with van der Waals surface area (Å²) in [7, 11) is 0. The molecular formula is C13H9ClFN3. The normalized spacial score (nSPS) is 9.83. The van der Waals surface area contributed by atoms with Crippen LogP contribution in [-0.4, -0.2) is 0 Å². The van der Waals surface area contributed by atoms with Gasteiger partial charge in [-0.05, 0) is 30.3 Å². The van der Waals surface area contributed by atoms with Crippen molar-refractivity contribution in [2.24, 2.45) is 0 Å². The van der Waals surface area contributed by atoms with Crippen molar-refractivity contribution >= 4 is 28.7 Å². The number of halogens is 2. The van der Waals surface area contributed by atoms with Crippen molar-refractivity contribution in [2.45, 2.75) is 0 Å². The number of para-hydroxylation sites is 1. The van der Waals surface area contributed by atoms with Crippen molar-refractivity contribution in [3.05, 3.63) is 52.8 Å². The highest BCUT2D eigenvalue weighted by Crippen LogP contribution is 2.28. The lowest BCUT2D eigenvalue weighted by Crippen LogP contribution is -2.00. The minimum absolute atomic E-state index is 0.00126. The zero-order chi connectivity index (χ0) is 13.1. The lowest BCUT2D eigenvalue weighted by Gasteiger charge is -2.11. The van der Waals surface area contributed by atoms with Gasteiger partial charge in [-0.2, -0.15) is 5.26 Å². The Labute approximate surface area is 109 Å². The summed E-state index contributed by atoms with van der Waals surface area (Å²) in [5.41, 5.74) is 6.90. The van der Waals surface area contributed by atoms with Crippen molar-refractivity contribution < 1.29 is 4.39 Å². The molecule has 3 nitrogen and oxygen atoms in total. The molecule has 0 aromatic heterocycles. The number of anilines is 3. The summed E-state index contributed by atoms with van der Waals surface area (Å²) in [6.45, 7) is 0. The number of hydrogen-bond acceptors (Lipinski definition) is 3. The second-order valence-electron chi connectivity index (χ2n) is 3.63. The van der Waals surface area contributed by atoms with Crippen LogP contribution in [0.5, 0.6) is 0 Å². The Kier molecular flexibility index (Phi) is 3.35. The Hall–Kier alpha value is -2.25. The van der Waals surface area contributed by atoms with E-state index in [0.717, 1.165) is 0 Å². The Morgan fingerprint density at radius 2 is 2.00 bits per heavy atom. The summed E-state index contributed by atoms with van der Waals surface area (Å²) in [4.78, 5) is 0. The smallest absolute Gasteiger partial charge is 0.148 e. The molecule has 0 aliphatic carbocycles. The Balaban J connectivity index is 2.43. The highest BCUT2D eigenvalue weighted by Gasteiger charge is 2.08. The summed E-state index contributed by atoms with van der Waals surface area (Å²) in [6.07, 6.45) is 0. The molecule has 18 heavy (non-hydrogen) atoms. The molecule has 0 spiro atoms. The van der Waals surface area contributed by atoms with Crippen LogP contribution in [0.3, 0.4) is 0 Å². The number of nitrogens with zero attached hydrogens (tertiary/aromatic N) is 1.